The number of amides is 1. The van der Waals surface area contributed by atoms with Crippen molar-refractivity contribution in [1.82, 2.24) is 14.6 Å². The summed E-state index contributed by atoms with van der Waals surface area (Å²) in [5.74, 6) is 0.374. The number of rotatable bonds is 5. The van der Waals surface area contributed by atoms with Crippen molar-refractivity contribution in [3.05, 3.63) is 59.1 Å². The molecule has 2 heterocycles. The normalized spacial score (nSPS) is 11.0. The summed E-state index contributed by atoms with van der Waals surface area (Å²) < 4.78 is 9.65. The Bertz CT molecular complexity index is 1020. The van der Waals surface area contributed by atoms with Crippen LogP contribution in [0.5, 0.6) is 0 Å². The fourth-order valence-electron chi connectivity index (χ4n) is 2.66. The Labute approximate surface area is 154 Å². The Hall–Kier alpha value is -3.06. The van der Waals surface area contributed by atoms with Crippen LogP contribution in [-0.4, -0.2) is 20.5 Å². The van der Waals surface area contributed by atoms with Gasteiger partial charge >= 0.3 is 0 Å². The van der Waals surface area contributed by atoms with Gasteiger partial charge in [-0.1, -0.05) is 30.0 Å². The zero-order chi connectivity index (χ0) is 17.9. The Morgan fingerprint density at radius 2 is 1.96 bits per heavy atom. The first-order valence-corrected chi connectivity index (χ1v) is 9.10. The highest BCUT2D eigenvalue weighted by atomic mass is 32.1. The summed E-state index contributed by atoms with van der Waals surface area (Å²) in [5.41, 5.74) is 3.87. The molecule has 0 saturated heterocycles. The number of aryl methyl sites for hydroxylation is 1. The van der Waals surface area contributed by atoms with Crippen molar-refractivity contribution in [1.29, 1.82) is 0 Å². The topological polar surface area (TPSA) is 80.9 Å². The van der Waals surface area contributed by atoms with Crippen LogP contribution in [0.2, 0.25) is 0 Å². The van der Waals surface area contributed by atoms with Crippen molar-refractivity contribution >= 4 is 34.2 Å². The van der Waals surface area contributed by atoms with Gasteiger partial charge in [0.25, 0.3) is 5.91 Å². The molecule has 0 bridgehead atoms. The van der Waals surface area contributed by atoms with Crippen LogP contribution >= 0.6 is 11.5 Å². The van der Waals surface area contributed by atoms with Crippen LogP contribution in [0, 0.1) is 0 Å². The van der Waals surface area contributed by atoms with E-state index in [0.29, 0.717) is 16.5 Å². The number of benzene rings is 2. The first-order valence-electron chi connectivity index (χ1n) is 8.33. The molecule has 0 radical (unpaired) electrons. The summed E-state index contributed by atoms with van der Waals surface area (Å²) in [6, 6.07) is 15.0. The van der Waals surface area contributed by atoms with Crippen molar-refractivity contribution in [2.75, 3.05) is 5.32 Å². The van der Waals surface area contributed by atoms with E-state index in [1.54, 1.807) is 0 Å². The fourth-order valence-corrected chi connectivity index (χ4v) is 3.26. The van der Waals surface area contributed by atoms with Crippen molar-refractivity contribution in [2.45, 2.75) is 19.8 Å². The standard InChI is InChI=1S/C19H16N4O2S/c1-2-5-15-17(26-23-22-15)18(24)20-13-10-8-12(9-11-13)19-21-14-6-3-4-7-16(14)25-19/h3-4,6-11H,2,5H2,1H3,(H,20,24). The van der Waals surface area contributed by atoms with Crippen LogP contribution in [0.4, 0.5) is 5.69 Å². The Balaban J connectivity index is 1.52. The highest BCUT2D eigenvalue weighted by Crippen LogP contribution is 2.25. The molecular weight excluding hydrogens is 348 g/mol. The third-order valence-corrected chi connectivity index (χ3v) is 4.70. The monoisotopic (exact) mass is 364 g/mol. The lowest BCUT2D eigenvalue weighted by Gasteiger charge is -2.05. The zero-order valence-corrected chi connectivity index (χ0v) is 14.9. The second kappa shape index (κ2) is 7.05. The van der Waals surface area contributed by atoms with E-state index in [2.05, 4.69) is 19.9 Å². The first kappa shape index (κ1) is 16.4. The molecule has 4 rings (SSSR count). The number of hydrogen-bond donors (Lipinski definition) is 1. The molecule has 0 spiro atoms. The lowest BCUT2D eigenvalue weighted by Crippen LogP contribution is -2.12. The lowest BCUT2D eigenvalue weighted by atomic mass is 10.2. The van der Waals surface area contributed by atoms with E-state index in [-0.39, 0.29) is 5.91 Å². The third kappa shape index (κ3) is 3.21. The average Bonchev–Trinajstić information content (AvgIpc) is 3.29. The summed E-state index contributed by atoms with van der Waals surface area (Å²) in [7, 11) is 0. The number of oxazole rings is 1. The molecule has 2 aromatic carbocycles. The minimum atomic E-state index is -0.182. The fraction of sp³-hybridized carbons (Fsp3) is 0.158. The second-order valence-corrected chi connectivity index (χ2v) is 6.57. The molecule has 4 aromatic rings. The summed E-state index contributed by atoms with van der Waals surface area (Å²) in [4.78, 5) is 17.5. The summed E-state index contributed by atoms with van der Waals surface area (Å²) in [6.07, 6.45) is 1.67. The molecular formula is C19H16N4O2S. The molecule has 0 fully saturated rings. The average molecular weight is 364 g/mol. The number of fused-ring (bicyclic) bond motifs is 1. The molecule has 0 aliphatic heterocycles. The van der Waals surface area contributed by atoms with Crippen molar-refractivity contribution in [2.24, 2.45) is 0 Å². The maximum Gasteiger partial charge on any atom is 0.269 e. The summed E-state index contributed by atoms with van der Waals surface area (Å²) >= 11 is 1.12. The predicted octanol–water partition coefficient (Wildman–Crippen LogP) is 4.55. The number of aromatic nitrogens is 3. The molecule has 26 heavy (non-hydrogen) atoms. The zero-order valence-electron chi connectivity index (χ0n) is 14.1. The summed E-state index contributed by atoms with van der Waals surface area (Å²) in [5, 5.41) is 6.92. The van der Waals surface area contributed by atoms with E-state index in [1.165, 1.54) is 0 Å². The molecule has 1 amide bonds. The Morgan fingerprint density at radius 3 is 2.73 bits per heavy atom. The Kier molecular flexibility index (Phi) is 4.45. The van der Waals surface area contributed by atoms with E-state index >= 15 is 0 Å². The number of carbonyl (C=O) groups excluding carboxylic acids is 1. The van der Waals surface area contributed by atoms with Crippen LogP contribution in [-0.2, 0) is 6.42 Å². The molecule has 0 atom stereocenters. The molecule has 130 valence electrons. The van der Waals surface area contributed by atoms with Gasteiger partial charge in [0.2, 0.25) is 5.89 Å². The van der Waals surface area contributed by atoms with Gasteiger partial charge in [-0.3, -0.25) is 4.79 Å². The minimum absolute atomic E-state index is 0.182. The van der Waals surface area contributed by atoms with Gasteiger partial charge in [-0.2, -0.15) is 0 Å². The molecule has 1 N–H and O–H groups in total. The van der Waals surface area contributed by atoms with Crippen molar-refractivity contribution < 1.29 is 9.21 Å². The molecule has 0 aliphatic rings. The SMILES string of the molecule is CCCc1nnsc1C(=O)Nc1ccc(-c2nc3ccccc3o2)cc1. The number of anilines is 1. The van der Waals surface area contributed by atoms with E-state index in [0.717, 1.165) is 46.7 Å². The highest BCUT2D eigenvalue weighted by Gasteiger charge is 2.16. The van der Waals surface area contributed by atoms with Crippen LogP contribution in [0.25, 0.3) is 22.6 Å². The molecule has 0 aliphatic carbocycles. The van der Waals surface area contributed by atoms with Gasteiger partial charge in [-0.25, -0.2) is 4.98 Å². The highest BCUT2D eigenvalue weighted by molar-refractivity contribution is 7.08. The quantitative estimate of drug-likeness (QED) is 0.562. The Morgan fingerprint density at radius 1 is 1.15 bits per heavy atom. The van der Waals surface area contributed by atoms with Gasteiger partial charge in [0, 0.05) is 11.3 Å². The lowest BCUT2D eigenvalue weighted by molar-refractivity contribution is 0.102. The van der Waals surface area contributed by atoms with Gasteiger partial charge in [-0.05, 0) is 54.4 Å². The van der Waals surface area contributed by atoms with Crippen LogP contribution in [0.1, 0.15) is 28.7 Å². The van der Waals surface area contributed by atoms with Gasteiger partial charge in [0.15, 0.2) is 5.58 Å². The number of nitrogens with zero attached hydrogens (tertiary/aromatic N) is 3. The number of hydrogen-bond acceptors (Lipinski definition) is 6. The molecule has 7 heteroatoms. The summed E-state index contributed by atoms with van der Waals surface area (Å²) in [6.45, 7) is 2.05. The molecule has 6 nitrogen and oxygen atoms in total. The third-order valence-electron chi connectivity index (χ3n) is 3.93. The van der Waals surface area contributed by atoms with Crippen LogP contribution in [0.15, 0.2) is 52.9 Å². The largest absolute Gasteiger partial charge is 0.436 e. The van der Waals surface area contributed by atoms with E-state index in [9.17, 15) is 4.79 Å². The smallest absolute Gasteiger partial charge is 0.269 e. The molecule has 0 unspecified atom stereocenters. The predicted molar refractivity (Wildman–Crippen MR) is 101 cm³/mol. The van der Waals surface area contributed by atoms with Crippen molar-refractivity contribution in [3.63, 3.8) is 0 Å². The van der Waals surface area contributed by atoms with E-state index < -0.39 is 0 Å². The number of nitrogens with one attached hydrogen (secondary N) is 1. The van der Waals surface area contributed by atoms with Gasteiger partial charge < -0.3 is 9.73 Å². The second-order valence-electron chi connectivity index (χ2n) is 5.82. The maximum atomic E-state index is 12.4. The van der Waals surface area contributed by atoms with E-state index in [1.807, 2.05) is 55.5 Å². The first-order chi connectivity index (χ1) is 12.7. The van der Waals surface area contributed by atoms with Gasteiger partial charge in [0.05, 0.1) is 5.69 Å². The number of carbonyl (C=O) groups is 1. The van der Waals surface area contributed by atoms with Gasteiger partial charge in [-0.15, -0.1) is 5.10 Å². The van der Waals surface area contributed by atoms with Crippen LogP contribution in [0.3, 0.4) is 0 Å². The van der Waals surface area contributed by atoms with Crippen molar-refractivity contribution in [3.8, 4) is 11.5 Å². The van der Waals surface area contributed by atoms with Gasteiger partial charge in [0.1, 0.15) is 10.4 Å². The number of para-hydroxylation sites is 2. The van der Waals surface area contributed by atoms with Crippen LogP contribution < -0.4 is 5.32 Å². The minimum Gasteiger partial charge on any atom is -0.436 e. The maximum absolute atomic E-state index is 12.4. The van der Waals surface area contributed by atoms with E-state index in [4.69, 9.17) is 4.42 Å². The molecule has 2 aromatic heterocycles. The molecule has 0 saturated carbocycles.